The van der Waals surface area contributed by atoms with Crippen molar-refractivity contribution >= 4 is 34.6 Å². The minimum absolute atomic E-state index is 0.0877. The molecule has 10 nitrogen and oxygen atoms in total. The summed E-state index contributed by atoms with van der Waals surface area (Å²) in [5.41, 5.74) is 2.93. The van der Waals surface area contributed by atoms with Crippen LogP contribution in [-0.2, 0) is 4.79 Å². The first kappa shape index (κ1) is 31.7. The molecule has 0 spiro atoms. The second-order valence-electron chi connectivity index (χ2n) is 11.2. The number of anilines is 3. The number of piperidine rings is 1. The maximum atomic E-state index is 12.8. The van der Waals surface area contributed by atoms with E-state index in [1.54, 1.807) is 6.07 Å². The van der Waals surface area contributed by atoms with Crippen molar-refractivity contribution in [3.05, 3.63) is 40.9 Å². The summed E-state index contributed by atoms with van der Waals surface area (Å²) in [6.45, 7) is 5.11. The monoisotopic (exact) mass is 598 g/mol. The molecule has 0 saturated carbocycles. The van der Waals surface area contributed by atoms with Gasteiger partial charge in [0, 0.05) is 54.9 Å². The number of aliphatic hydroxyl groups is 1. The molecule has 0 aliphatic carbocycles. The second kappa shape index (κ2) is 15.3. The number of aliphatic hydroxyl groups excluding tert-OH is 1. The molecule has 42 heavy (non-hydrogen) atoms. The van der Waals surface area contributed by atoms with Crippen LogP contribution in [0.4, 0.5) is 17.1 Å². The van der Waals surface area contributed by atoms with E-state index in [-0.39, 0.29) is 36.4 Å². The number of ether oxygens (including phenoxy) is 2. The van der Waals surface area contributed by atoms with E-state index in [1.165, 1.54) is 0 Å². The molecular formula is C31H43ClN6O4. The van der Waals surface area contributed by atoms with Crippen molar-refractivity contribution in [1.82, 2.24) is 10.2 Å². The van der Waals surface area contributed by atoms with E-state index < -0.39 is 0 Å². The lowest BCUT2D eigenvalue weighted by atomic mass is 9.88. The minimum atomic E-state index is -0.390. The number of halogens is 1. The van der Waals surface area contributed by atoms with Gasteiger partial charge in [0.25, 0.3) is 0 Å². The van der Waals surface area contributed by atoms with Gasteiger partial charge in [0.2, 0.25) is 5.91 Å². The van der Waals surface area contributed by atoms with Gasteiger partial charge in [-0.3, -0.25) is 4.79 Å². The molecule has 4 unspecified atom stereocenters. The fourth-order valence-corrected chi connectivity index (χ4v) is 5.72. The number of hydrogen-bond donors (Lipinski definition) is 5. The number of benzene rings is 2. The van der Waals surface area contributed by atoms with Crippen LogP contribution in [0.5, 0.6) is 11.5 Å². The molecule has 4 rings (SSSR count). The van der Waals surface area contributed by atoms with E-state index in [0.717, 1.165) is 43.6 Å². The summed E-state index contributed by atoms with van der Waals surface area (Å²) in [4.78, 5) is 14.8. The van der Waals surface area contributed by atoms with Gasteiger partial charge in [0.1, 0.15) is 18.1 Å². The van der Waals surface area contributed by atoms with Crippen LogP contribution in [0.2, 0.25) is 5.02 Å². The normalized spacial score (nSPS) is 21.5. The second-order valence-corrected chi connectivity index (χ2v) is 11.6. The Bertz CT molecular complexity index is 1250. The summed E-state index contributed by atoms with van der Waals surface area (Å²) in [7, 11) is 3.96. The largest absolute Gasteiger partial charge is 0.492 e. The highest BCUT2D eigenvalue weighted by Gasteiger charge is 2.32. The number of carbonyl (C=O) groups excluding carboxylic acids is 1. The van der Waals surface area contributed by atoms with Crippen LogP contribution in [0.25, 0.3) is 0 Å². The molecule has 2 aromatic rings. The molecule has 11 heteroatoms. The topological polar surface area (TPSA) is 131 Å². The lowest BCUT2D eigenvalue weighted by Crippen LogP contribution is -2.46. The average molecular weight is 599 g/mol. The lowest BCUT2D eigenvalue weighted by Gasteiger charge is -2.33. The van der Waals surface area contributed by atoms with Crippen molar-refractivity contribution in [2.24, 2.45) is 11.8 Å². The zero-order chi connectivity index (χ0) is 30.1. The summed E-state index contributed by atoms with van der Waals surface area (Å²) < 4.78 is 11.9. The van der Waals surface area contributed by atoms with Gasteiger partial charge in [-0.25, -0.2) is 0 Å². The Balaban J connectivity index is 1.52. The van der Waals surface area contributed by atoms with Crippen molar-refractivity contribution in [2.45, 2.75) is 44.7 Å². The minimum Gasteiger partial charge on any atom is -0.492 e. The zero-order valence-electron chi connectivity index (χ0n) is 24.7. The number of rotatable bonds is 13. The van der Waals surface area contributed by atoms with Crippen LogP contribution in [0.1, 0.15) is 44.2 Å². The molecule has 5 N–H and O–H groups in total. The Morgan fingerprint density at radius 3 is 2.79 bits per heavy atom. The van der Waals surface area contributed by atoms with Crippen molar-refractivity contribution in [2.75, 3.05) is 69.5 Å². The molecule has 1 amide bonds. The third-order valence-electron chi connectivity index (χ3n) is 7.79. The van der Waals surface area contributed by atoms with Crippen LogP contribution < -0.4 is 30.7 Å². The van der Waals surface area contributed by atoms with Gasteiger partial charge in [-0.1, -0.05) is 11.6 Å². The number of nitrogens with zero attached hydrogens (tertiary/aromatic N) is 2. The van der Waals surface area contributed by atoms with E-state index >= 15 is 0 Å². The summed E-state index contributed by atoms with van der Waals surface area (Å²) in [5, 5.41) is 33.4. The highest BCUT2D eigenvalue weighted by molar-refractivity contribution is 6.33. The highest BCUT2D eigenvalue weighted by Crippen LogP contribution is 2.42. The lowest BCUT2D eigenvalue weighted by molar-refractivity contribution is -0.116. The van der Waals surface area contributed by atoms with E-state index in [4.69, 9.17) is 21.1 Å². The van der Waals surface area contributed by atoms with Crippen molar-refractivity contribution in [3.8, 4) is 17.6 Å². The molecular weight excluding hydrogens is 556 g/mol. The predicted molar refractivity (Wildman–Crippen MR) is 167 cm³/mol. The molecule has 2 aromatic carbocycles. The van der Waals surface area contributed by atoms with Crippen molar-refractivity contribution in [1.29, 1.82) is 5.26 Å². The van der Waals surface area contributed by atoms with Gasteiger partial charge in [-0.15, -0.1) is 0 Å². The molecule has 2 heterocycles. The molecule has 228 valence electrons. The van der Waals surface area contributed by atoms with Gasteiger partial charge < -0.3 is 40.7 Å². The molecule has 0 bridgehead atoms. The Morgan fingerprint density at radius 1 is 1.24 bits per heavy atom. The Hall–Kier alpha value is -3.23. The highest BCUT2D eigenvalue weighted by atomic mass is 35.5. The number of hydrogen-bond acceptors (Lipinski definition) is 9. The molecule has 4 atom stereocenters. The van der Waals surface area contributed by atoms with E-state index in [9.17, 15) is 15.2 Å². The van der Waals surface area contributed by atoms with Crippen LogP contribution >= 0.6 is 11.6 Å². The van der Waals surface area contributed by atoms with Crippen LogP contribution in [0, 0.1) is 23.2 Å². The summed E-state index contributed by atoms with van der Waals surface area (Å²) in [6.07, 6.45) is 3.16. The third-order valence-corrected chi connectivity index (χ3v) is 8.11. The Labute approximate surface area is 253 Å². The van der Waals surface area contributed by atoms with Crippen LogP contribution in [-0.4, -0.2) is 75.5 Å². The number of amides is 1. The van der Waals surface area contributed by atoms with Gasteiger partial charge in [0.15, 0.2) is 0 Å². The van der Waals surface area contributed by atoms with Gasteiger partial charge in [0.05, 0.1) is 41.0 Å². The smallest absolute Gasteiger partial charge is 0.224 e. The average Bonchev–Trinajstić information content (AvgIpc) is 2.97. The zero-order valence-corrected chi connectivity index (χ0v) is 25.5. The number of fused-ring (bicyclic) bond motifs is 1. The molecule has 1 saturated heterocycles. The Kier molecular flexibility index (Phi) is 11.5. The standard InChI is InChI=1S/C31H43ClN6O4/c1-4-41-29-15-26-23(14-27(29)36-30(40)8-6-12-38(2)3)31(21(16-33)17-35-26)37-25-10-9-22(13-24(25)32)42-19-28-20(18-39)7-5-11-34-28/h9-10,13-15,20-21,28,31,34-35,37,39H,4-8,11-12,17-19H2,1-3H3,(H,36,40). The van der Waals surface area contributed by atoms with E-state index in [2.05, 4.69) is 27.3 Å². The summed E-state index contributed by atoms with van der Waals surface area (Å²) >= 11 is 6.70. The maximum absolute atomic E-state index is 12.8. The molecule has 0 radical (unpaired) electrons. The molecule has 2 aliphatic heterocycles. The first-order valence-electron chi connectivity index (χ1n) is 14.7. The summed E-state index contributed by atoms with van der Waals surface area (Å²) in [5.74, 6) is 0.912. The fourth-order valence-electron chi connectivity index (χ4n) is 5.49. The number of nitriles is 1. The number of carbonyl (C=O) groups is 1. The van der Waals surface area contributed by atoms with Gasteiger partial charge >= 0.3 is 0 Å². The quantitative estimate of drug-likeness (QED) is 0.226. The molecule has 2 aliphatic rings. The van der Waals surface area contributed by atoms with E-state index in [1.807, 2.05) is 50.2 Å². The van der Waals surface area contributed by atoms with Crippen molar-refractivity contribution < 1.29 is 19.4 Å². The first-order chi connectivity index (χ1) is 20.3. The van der Waals surface area contributed by atoms with Gasteiger partial charge in [-0.2, -0.15) is 5.26 Å². The third kappa shape index (κ3) is 8.19. The van der Waals surface area contributed by atoms with Crippen LogP contribution in [0.15, 0.2) is 30.3 Å². The SMILES string of the molecule is CCOc1cc2c(cc1NC(=O)CCCN(C)C)C(Nc1ccc(OCC3NCCCC3CO)cc1Cl)C(C#N)CN2. The number of nitrogens with one attached hydrogen (secondary N) is 4. The first-order valence-corrected chi connectivity index (χ1v) is 15.1. The van der Waals surface area contributed by atoms with Crippen molar-refractivity contribution in [3.63, 3.8) is 0 Å². The predicted octanol–water partition coefficient (Wildman–Crippen LogP) is 4.48. The fraction of sp³-hybridized carbons (Fsp3) is 0.548. The molecule has 1 fully saturated rings. The Morgan fingerprint density at radius 2 is 2.07 bits per heavy atom. The molecule has 0 aromatic heterocycles. The summed E-state index contributed by atoms with van der Waals surface area (Å²) in [6, 6.07) is 11.4. The maximum Gasteiger partial charge on any atom is 0.224 e. The van der Waals surface area contributed by atoms with Gasteiger partial charge in [-0.05, 0) is 71.6 Å². The van der Waals surface area contributed by atoms with E-state index in [0.29, 0.717) is 54.1 Å². The van der Waals surface area contributed by atoms with Crippen LogP contribution in [0.3, 0.4) is 0 Å².